The lowest BCUT2D eigenvalue weighted by atomic mass is 9.96. The van der Waals surface area contributed by atoms with Crippen molar-refractivity contribution in [3.63, 3.8) is 0 Å². The molecule has 1 fully saturated rings. The van der Waals surface area contributed by atoms with E-state index in [0.29, 0.717) is 5.69 Å². The maximum atomic E-state index is 12.4. The molecule has 2 rings (SSSR count). The first kappa shape index (κ1) is 15.6. The molecule has 21 heavy (non-hydrogen) atoms. The predicted molar refractivity (Wildman–Crippen MR) is 83.9 cm³/mol. The number of nitrogens with zero attached hydrogens (tertiary/aromatic N) is 2. The van der Waals surface area contributed by atoms with Gasteiger partial charge in [0.25, 0.3) is 5.56 Å². The molecule has 1 aliphatic rings. The van der Waals surface area contributed by atoms with Crippen LogP contribution in [0, 0.1) is 5.92 Å². The van der Waals surface area contributed by atoms with Gasteiger partial charge in [0.2, 0.25) is 5.91 Å². The molecule has 1 atom stereocenters. The fourth-order valence-corrected chi connectivity index (χ4v) is 3.03. The second-order valence-corrected chi connectivity index (χ2v) is 5.89. The minimum Gasteiger partial charge on any atom is -0.398 e. The molecule has 5 heteroatoms. The van der Waals surface area contributed by atoms with Crippen LogP contribution >= 0.6 is 0 Å². The summed E-state index contributed by atoms with van der Waals surface area (Å²) < 4.78 is 1.39. The van der Waals surface area contributed by atoms with Crippen molar-refractivity contribution in [1.82, 2.24) is 9.47 Å². The number of nitrogen functional groups attached to an aromatic ring is 1. The molecule has 0 saturated carbocycles. The Balaban J connectivity index is 1.97. The summed E-state index contributed by atoms with van der Waals surface area (Å²) in [6.07, 6.45) is 7.33. The molecule has 0 radical (unpaired) electrons. The highest BCUT2D eigenvalue weighted by molar-refractivity contribution is 5.76. The number of hydrogen-bond acceptors (Lipinski definition) is 3. The van der Waals surface area contributed by atoms with E-state index in [2.05, 4.69) is 6.92 Å². The first-order chi connectivity index (χ1) is 10.1. The van der Waals surface area contributed by atoms with E-state index >= 15 is 0 Å². The third-order valence-electron chi connectivity index (χ3n) is 4.21. The van der Waals surface area contributed by atoms with Gasteiger partial charge < -0.3 is 15.2 Å². The number of hydrogen-bond donors (Lipinski definition) is 1. The summed E-state index contributed by atoms with van der Waals surface area (Å²) in [7, 11) is 0. The molecule has 116 valence electrons. The summed E-state index contributed by atoms with van der Waals surface area (Å²) in [4.78, 5) is 26.0. The number of aromatic nitrogens is 1. The Hall–Kier alpha value is -1.78. The van der Waals surface area contributed by atoms with E-state index in [9.17, 15) is 9.59 Å². The number of amides is 1. The molecule has 1 amide bonds. The van der Waals surface area contributed by atoms with Crippen molar-refractivity contribution < 1.29 is 4.79 Å². The number of likely N-dealkylation sites (tertiary alicyclic amines) is 1. The fraction of sp³-hybridized carbons (Fsp3) is 0.625. The summed E-state index contributed by atoms with van der Waals surface area (Å²) in [5.41, 5.74) is 5.99. The zero-order valence-electron chi connectivity index (χ0n) is 12.8. The summed E-state index contributed by atoms with van der Waals surface area (Å²) >= 11 is 0. The summed E-state index contributed by atoms with van der Waals surface area (Å²) in [5, 5.41) is 0. The number of rotatable bonds is 4. The second-order valence-electron chi connectivity index (χ2n) is 5.89. The predicted octanol–water partition coefficient (Wildman–Crippen LogP) is 1.86. The van der Waals surface area contributed by atoms with Crippen LogP contribution in [-0.4, -0.2) is 28.5 Å². The highest BCUT2D eigenvalue weighted by Gasteiger charge is 2.20. The molecule has 1 aliphatic heterocycles. The van der Waals surface area contributed by atoms with Crippen LogP contribution in [0.2, 0.25) is 0 Å². The second kappa shape index (κ2) is 7.29. The van der Waals surface area contributed by atoms with Gasteiger partial charge in [-0.2, -0.15) is 0 Å². The monoisotopic (exact) mass is 291 g/mol. The zero-order chi connectivity index (χ0) is 15.2. The van der Waals surface area contributed by atoms with Gasteiger partial charge in [0.05, 0.1) is 0 Å². The van der Waals surface area contributed by atoms with E-state index in [1.54, 1.807) is 6.07 Å². The highest BCUT2D eigenvalue weighted by atomic mass is 16.2. The molecule has 1 unspecified atom stereocenters. The van der Waals surface area contributed by atoms with Crippen LogP contribution < -0.4 is 11.3 Å². The number of nitrogens with two attached hydrogens (primary N) is 1. The van der Waals surface area contributed by atoms with Crippen molar-refractivity contribution in [2.45, 2.75) is 45.6 Å². The normalized spacial score (nSPS) is 19.3. The minimum atomic E-state index is -0.184. The molecular weight excluding hydrogens is 266 g/mol. The summed E-state index contributed by atoms with van der Waals surface area (Å²) in [6, 6.07) is 2.97. The van der Waals surface area contributed by atoms with E-state index < -0.39 is 0 Å². The largest absolute Gasteiger partial charge is 0.398 e. The van der Waals surface area contributed by atoms with Crippen molar-refractivity contribution in [1.29, 1.82) is 0 Å². The molecule has 1 aromatic heterocycles. The first-order valence-electron chi connectivity index (χ1n) is 7.84. The molecule has 2 N–H and O–H groups in total. The Bertz CT molecular complexity index is 539. The van der Waals surface area contributed by atoms with Gasteiger partial charge in [0.1, 0.15) is 6.54 Å². The third-order valence-corrected chi connectivity index (χ3v) is 4.21. The van der Waals surface area contributed by atoms with Crippen LogP contribution in [0.25, 0.3) is 0 Å². The van der Waals surface area contributed by atoms with Crippen LogP contribution in [-0.2, 0) is 11.3 Å². The molecule has 0 aromatic carbocycles. The number of carbonyl (C=O) groups is 1. The van der Waals surface area contributed by atoms with E-state index in [-0.39, 0.29) is 18.0 Å². The van der Waals surface area contributed by atoms with Crippen molar-refractivity contribution in [3.8, 4) is 0 Å². The van der Waals surface area contributed by atoms with Gasteiger partial charge in [-0.25, -0.2) is 0 Å². The lowest BCUT2D eigenvalue weighted by Crippen LogP contribution is -2.37. The molecule has 0 aliphatic carbocycles. The quantitative estimate of drug-likeness (QED) is 0.920. The van der Waals surface area contributed by atoms with Crippen molar-refractivity contribution >= 4 is 11.6 Å². The topological polar surface area (TPSA) is 68.3 Å². The average Bonchev–Trinajstić information content (AvgIpc) is 2.69. The Kier molecular flexibility index (Phi) is 5.42. The lowest BCUT2D eigenvalue weighted by Gasteiger charge is -2.21. The van der Waals surface area contributed by atoms with Crippen LogP contribution in [0.4, 0.5) is 5.69 Å². The van der Waals surface area contributed by atoms with E-state index in [1.807, 2.05) is 4.90 Å². The molecule has 5 nitrogen and oxygen atoms in total. The van der Waals surface area contributed by atoms with Crippen molar-refractivity contribution in [2.75, 3.05) is 18.8 Å². The molecule has 2 heterocycles. The Labute approximate surface area is 125 Å². The smallest absolute Gasteiger partial charge is 0.251 e. The SMILES string of the molecule is CCCC1CCCN(C(=O)Cn2cc(N)ccc2=O)CC1. The maximum Gasteiger partial charge on any atom is 0.251 e. The van der Waals surface area contributed by atoms with Crippen molar-refractivity contribution in [2.24, 2.45) is 5.92 Å². The van der Waals surface area contributed by atoms with E-state index in [4.69, 9.17) is 5.73 Å². The van der Waals surface area contributed by atoms with Gasteiger partial charge in [-0.05, 0) is 31.2 Å². The number of anilines is 1. The highest BCUT2D eigenvalue weighted by Crippen LogP contribution is 2.22. The third kappa shape index (κ3) is 4.34. The number of pyridine rings is 1. The van der Waals surface area contributed by atoms with Crippen molar-refractivity contribution in [3.05, 3.63) is 28.7 Å². The van der Waals surface area contributed by atoms with Crippen LogP contribution in [0.1, 0.15) is 39.0 Å². The Morgan fingerprint density at radius 2 is 2.14 bits per heavy atom. The van der Waals surface area contributed by atoms with Gasteiger partial charge in [-0.15, -0.1) is 0 Å². The summed E-state index contributed by atoms with van der Waals surface area (Å²) in [6.45, 7) is 3.90. The maximum absolute atomic E-state index is 12.4. The summed E-state index contributed by atoms with van der Waals surface area (Å²) in [5.74, 6) is 0.753. The van der Waals surface area contributed by atoms with E-state index in [1.165, 1.54) is 36.1 Å². The van der Waals surface area contributed by atoms with Crippen LogP contribution in [0.15, 0.2) is 23.1 Å². The average molecular weight is 291 g/mol. The standard InChI is InChI=1S/C16H25N3O2/c1-2-4-13-5-3-9-18(10-8-13)16(21)12-19-11-14(17)6-7-15(19)20/h6-7,11,13H,2-5,8-10,12,17H2,1H3. The Morgan fingerprint density at radius 1 is 1.33 bits per heavy atom. The van der Waals surface area contributed by atoms with Crippen LogP contribution in [0.3, 0.4) is 0 Å². The number of carbonyl (C=O) groups excluding carboxylic acids is 1. The fourth-order valence-electron chi connectivity index (χ4n) is 3.03. The molecule has 0 bridgehead atoms. The van der Waals surface area contributed by atoms with E-state index in [0.717, 1.165) is 31.8 Å². The Morgan fingerprint density at radius 3 is 2.90 bits per heavy atom. The minimum absolute atomic E-state index is 0.0137. The lowest BCUT2D eigenvalue weighted by molar-refractivity contribution is -0.131. The zero-order valence-corrected chi connectivity index (χ0v) is 12.8. The molecule has 0 spiro atoms. The van der Waals surface area contributed by atoms with Gasteiger partial charge in [0.15, 0.2) is 0 Å². The van der Waals surface area contributed by atoms with Gasteiger partial charge >= 0.3 is 0 Å². The van der Waals surface area contributed by atoms with Crippen LogP contribution in [0.5, 0.6) is 0 Å². The first-order valence-corrected chi connectivity index (χ1v) is 7.84. The van der Waals surface area contributed by atoms with Gasteiger partial charge in [-0.3, -0.25) is 9.59 Å². The molecular formula is C16H25N3O2. The van der Waals surface area contributed by atoms with Gasteiger partial charge in [-0.1, -0.05) is 19.8 Å². The molecule has 1 saturated heterocycles. The molecule has 1 aromatic rings. The van der Waals surface area contributed by atoms with Gasteiger partial charge in [0, 0.05) is 31.0 Å².